The standard InChI is InChI=1S/C8H10.C5H12N4O.CH5N/c1-3-5-7-8-6-4-2;1-4(10)8-2-3-9-5(6)7;1-2/h3-8H,1-2H2;2-3H2,1H3,(H,8,10)(H4,6,7,9);2H2,1H3/b7-5-,8-6-;;. The average molecular weight is 281 g/mol. The minimum Gasteiger partial charge on any atom is -0.370 e. The van der Waals surface area contributed by atoms with Crippen LogP contribution >= 0.6 is 0 Å². The predicted octanol–water partition coefficient (Wildman–Crippen LogP) is 0.442. The van der Waals surface area contributed by atoms with E-state index in [0.717, 1.165) is 0 Å². The van der Waals surface area contributed by atoms with E-state index in [1.54, 1.807) is 12.2 Å². The van der Waals surface area contributed by atoms with Crippen LogP contribution in [-0.4, -0.2) is 32.0 Å². The number of hydrogen-bond acceptors (Lipinski definition) is 3. The summed E-state index contributed by atoms with van der Waals surface area (Å²) in [5.41, 5.74) is 14.5. The SMILES string of the molecule is C=C/C=C\C=C/C=C.CC(=O)NCCN=C(N)N.CN. The lowest BCUT2D eigenvalue weighted by atomic mass is 10.4. The Hall–Kier alpha value is -2.34. The molecule has 6 nitrogen and oxygen atoms in total. The Morgan fingerprint density at radius 1 is 1.10 bits per heavy atom. The molecule has 20 heavy (non-hydrogen) atoms. The molecule has 0 aliphatic carbocycles. The third-order valence-corrected chi connectivity index (χ3v) is 1.39. The van der Waals surface area contributed by atoms with Crippen LogP contribution in [0.1, 0.15) is 6.92 Å². The lowest BCUT2D eigenvalue weighted by molar-refractivity contribution is -0.118. The van der Waals surface area contributed by atoms with Crippen LogP contribution in [-0.2, 0) is 4.79 Å². The summed E-state index contributed by atoms with van der Waals surface area (Å²) in [6.45, 7) is 9.38. The lowest BCUT2D eigenvalue weighted by Gasteiger charge is -1.96. The summed E-state index contributed by atoms with van der Waals surface area (Å²) in [7, 11) is 1.50. The Labute approximate surface area is 121 Å². The zero-order valence-corrected chi connectivity index (χ0v) is 12.4. The summed E-state index contributed by atoms with van der Waals surface area (Å²) < 4.78 is 0. The average Bonchev–Trinajstić information content (AvgIpc) is 2.42. The van der Waals surface area contributed by atoms with Gasteiger partial charge in [0.25, 0.3) is 0 Å². The van der Waals surface area contributed by atoms with Gasteiger partial charge in [0.2, 0.25) is 5.91 Å². The van der Waals surface area contributed by atoms with Gasteiger partial charge in [-0.3, -0.25) is 9.79 Å². The fourth-order valence-electron chi connectivity index (χ4n) is 0.702. The highest BCUT2D eigenvalue weighted by molar-refractivity contribution is 5.75. The van der Waals surface area contributed by atoms with Gasteiger partial charge >= 0.3 is 0 Å². The van der Waals surface area contributed by atoms with Crippen LogP contribution in [0.5, 0.6) is 0 Å². The van der Waals surface area contributed by atoms with Gasteiger partial charge < -0.3 is 22.5 Å². The zero-order chi connectivity index (χ0) is 16.2. The van der Waals surface area contributed by atoms with Crippen molar-refractivity contribution in [2.24, 2.45) is 22.2 Å². The fraction of sp³-hybridized carbons (Fsp3) is 0.286. The van der Waals surface area contributed by atoms with Crippen LogP contribution in [0.15, 0.2) is 54.6 Å². The Morgan fingerprint density at radius 2 is 1.55 bits per heavy atom. The van der Waals surface area contributed by atoms with Crippen molar-refractivity contribution in [3.8, 4) is 0 Å². The molecule has 0 aliphatic heterocycles. The van der Waals surface area contributed by atoms with Gasteiger partial charge in [-0.15, -0.1) is 0 Å². The minimum absolute atomic E-state index is 0.0466. The van der Waals surface area contributed by atoms with E-state index in [-0.39, 0.29) is 11.9 Å². The number of nitrogens with two attached hydrogens (primary N) is 3. The second kappa shape index (κ2) is 21.9. The Morgan fingerprint density at radius 3 is 1.85 bits per heavy atom. The molecule has 0 spiro atoms. The van der Waals surface area contributed by atoms with E-state index >= 15 is 0 Å². The third kappa shape index (κ3) is 36.1. The maximum Gasteiger partial charge on any atom is 0.216 e. The van der Waals surface area contributed by atoms with E-state index in [0.29, 0.717) is 13.1 Å². The van der Waals surface area contributed by atoms with Crippen molar-refractivity contribution >= 4 is 11.9 Å². The molecule has 7 N–H and O–H groups in total. The number of nitrogens with zero attached hydrogens (tertiary/aromatic N) is 1. The molecule has 114 valence electrons. The Kier molecular flexibility index (Phi) is 25.0. The lowest BCUT2D eigenvalue weighted by Crippen LogP contribution is -2.27. The summed E-state index contributed by atoms with van der Waals surface area (Å²) >= 11 is 0. The maximum absolute atomic E-state index is 10.3. The topological polar surface area (TPSA) is 120 Å². The second-order valence-electron chi connectivity index (χ2n) is 3.03. The predicted molar refractivity (Wildman–Crippen MR) is 88.1 cm³/mol. The number of hydrogen-bond donors (Lipinski definition) is 4. The molecule has 0 saturated heterocycles. The molecular weight excluding hydrogens is 254 g/mol. The normalized spacial score (nSPS) is 8.75. The highest BCUT2D eigenvalue weighted by Crippen LogP contribution is 1.76. The molecule has 0 aliphatic rings. The molecule has 0 aromatic heterocycles. The molecule has 0 saturated carbocycles. The highest BCUT2D eigenvalue weighted by Gasteiger charge is 1.87. The summed E-state index contributed by atoms with van der Waals surface area (Å²) in [4.78, 5) is 13.9. The largest absolute Gasteiger partial charge is 0.370 e. The van der Waals surface area contributed by atoms with Crippen LogP contribution in [0.4, 0.5) is 0 Å². The first kappa shape index (κ1) is 22.8. The first-order valence-electron chi connectivity index (χ1n) is 5.99. The van der Waals surface area contributed by atoms with Gasteiger partial charge in [0.1, 0.15) is 0 Å². The first-order chi connectivity index (χ1) is 9.54. The van der Waals surface area contributed by atoms with Crippen LogP contribution in [0.3, 0.4) is 0 Å². The smallest absolute Gasteiger partial charge is 0.216 e. The van der Waals surface area contributed by atoms with Gasteiger partial charge in [0.05, 0.1) is 6.54 Å². The van der Waals surface area contributed by atoms with E-state index in [9.17, 15) is 4.79 Å². The van der Waals surface area contributed by atoms with Crippen molar-refractivity contribution in [1.82, 2.24) is 5.32 Å². The summed E-state index contributed by atoms with van der Waals surface area (Å²) in [5, 5.41) is 2.54. The molecular formula is C14H27N5O. The van der Waals surface area contributed by atoms with Crippen LogP contribution in [0.2, 0.25) is 0 Å². The number of allylic oxidation sites excluding steroid dienone is 6. The first-order valence-corrected chi connectivity index (χ1v) is 5.99. The van der Waals surface area contributed by atoms with Crippen molar-refractivity contribution in [2.45, 2.75) is 6.92 Å². The number of nitrogens with one attached hydrogen (secondary N) is 1. The maximum atomic E-state index is 10.3. The number of guanidine groups is 1. The fourth-order valence-corrected chi connectivity index (χ4v) is 0.702. The molecule has 0 rings (SSSR count). The second-order valence-corrected chi connectivity index (χ2v) is 3.03. The van der Waals surface area contributed by atoms with Gasteiger partial charge in [0.15, 0.2) is 5.96 Å². The van der Waals surface area contributed by atoms with Gasteiger partial charge in [-0.25, -0.2) is 0 Å². The Balaban J connectivity index is -0.000000262. The molecule has 0 bridgehead atoms. The molecule has 0 radical (unpaired) electrons. The molecule has 0 fully saturated rings. The van der Waals surface area contributed by atoms with E-state index < -0.39 is 0 Å². The minimum atomic E-state index is -0.0780. The number of carbonyl (C=O) groups excluding carboxylic acids is 1. The van der Waals surface area contributed by atoms with Crippen molar-refractivity contribution in [1.29, 1.82) is 0 Å². The molecule has 0 aromatic rings. The van der Waals surface area contributed by atoms with Crippen LogP contribution < -0.4 is 22.5 Å². The third-order valence-electron chi connectivity index (χ3n) is 1.39. The molecule has 0 aromatic carbocycles. The summed E-state index contributed by atoms with van der Waals surface area (Å²) in [5.74, 6) is -0.0313. The van der Waals surface area contributed by atoms with Gasteiger partial charge in [-0.2, -0.15) is 0 Å². The van der Waals surface area contributed by atoms with Gasteiger partial charge in [0, 0.05) is 13.5 Å². The van der Waals surface area contributed by atoms with E-state index in [1.165, 1.54) is 14.0 Å². The van der Waals surface area contributed by atoms with Crippen molar-refractivity contribution in [3.05, 3.63) is 49.6 Å². The molecule has 0 atom stereocenters. The van der Waals surface area contributed by atoms with Crippen molar-refractivity contribution < 1.29 is 4.79 Å². The van der Waals surface area contributed by atoms with E-state index in [2.05, 4.69) is 29.2 Å². The number of amides is 1. The summed E-state index contributed by atoms with van der Waals surface area (Å²) in [6.07, 6.45) is 11.0. The van der Waals surface area contributed by atoms with Crippen LogP contribution in [0, 0.1) is 0 Å². The Bertz CT molecular complexity index is 312. The zero-order valence-electron chi connectivity index (χ0n) is 12.4. The van der Waals surface area contributed by atoms with E-state index in [4.69, 9.17) is 11.5 Å². The number of carbonyl (C=O) groups is 1. The number of rotatable bonds is 6. The van der Waals surface area contributed by atoms with Crippen molar-refractivity contribution in [3.63, 3.8) is 0 Å². The quantitative estimate of drug-likeness (QED) is 0.244. The molecule has 0 unspecified atom stereocenters. The summed E-state index contributed by atoms with van der Waals surface area (Å²) in [6, 6.07) is 0. The molecule has 0 heterocycles. The van der Waals surface area contributed by atoms with Gasteiger partial charge in [-0.1, -0.05) is 49.6 Å². The monoisotopic (exact) mass is 281 g/mol. The molecule has 6 heteroatoms. The van der Waals surface area contributed by atoms with E-state index in [1.807, 2.05) is 24.3 Å². The highest BCUT2D eigenvalue weighted by atomic mass is 16.1. The molecule has 1 amide bonds. The number of aliphatic imine (C=N–C) groups is 1. The van der Waals surface area contributed by atoms with Gasteiger partial charge in [-0.05, 0) is 7.05 Å². The van der Waals surface area contributed by atoms with Crippen molar-refractivity contribution in [2.75, 3.05) is 20.1 Å². The van der Waals surface area contributed by atoms with Crippen LogP contribution in [0.25, 0.3) is 0 Å².